The molecule has 7 heteroatoms. The largest absolute Gasteiger partial charge is 0.480 e. The van der Waals surface area contributed by atoms with Gasteiger partial charge in [-0.25, -0.2) is 4.79 Å². The topological polar surface area (TPSA) is 77.8 Å². The molecular formula is C16H15NO4S2. The number of aliphatic hydroxyl groups excluding tert-OH is 1. The standard InChI is InChI=1S/C16H15NO4S2/c1-10(7-11-5-3-2-4-6-11)8-13-14(19)17(16(22)23-13)12(9-18)15(20)21/h2-8,12,18H,9H2,1H3,(H,20,21)/b10-7+,13-8-. The van der Waals surface area contributed by atoms with Gasteiger partial charge in [0.05, 0.1) is 11.5 Å². The molecule has 2 N–H and O–H groups in total. The second-order valence-electron chi connectivity index (χ2n) is 4.89. The first-order valence-corrected chi connectivity index (χ1v) is 8.00. The van der Waals surface area contributed by atoms with Crippen molar-refractivity contribution < 1.29 is 19.8 Å². The molecule has 1 aliphatic rings. The zero-order chi connectivity index (χ0) is 17.0. The van der Waals surface area contributed by atoms with E-state index >= 15 is 0 Å². The summed E-state index contributed by atoms with van der Waals surface area (Å²) in [6, 6.07) is 8.27. The van der Waals surface area contributed by atoms with Crippen molar-refractivity contribution in [1.29, 1.82) is 0 Å². The van der Waals surface area contributed by atoms with Crippen molar-refractivity contribution in [3.63, 3.8) is 0 Å². The van der Waals surface area contributed by atoms with Gasteiger partial charge in [-0.2, -0.15) is 0 Å². The van der Waals surface area contributed by atoms with E-state index in [1.165, 1.54) is 0 Å². The van der Waals surface area contributed by atoms with Gasteiger partial charge in [-0.1, -0.05) is 60.4 Å². The Bertz CT molecular complexity index is 697. The molecule has 1 fully saturated rings. The van der Waals surface area contributed by atoms with Crippen molar-refractivity contribution in [2.75, 3.05) is 6.61 Å². The summed E-state index contributed by atoms with van der Waals surface area (Å²) in [6.45, 7) is 1.16. The van der Waals surface area contributed by atoms with Crippen LogP contribution in [0.15, 0.2) is 46.9 Å². The maximum Gasteiger partial charge on any atom is 0.329 e. The van der Waals surface area contributed by atoms with Crippen LogP contribution < -0.4 is 0 Å². The molecule has 5 nitrogen and oxygen atoms in total. The predicted octanol–water partition coefficient (Wildman–Crippen LogP) is 2.28. The third kappa shape index (κ3) is 4.07. The lowest BCUT2D eigenvalue weighted by Gasteiger charge is -2.20. The molecule has 1 atom stereocenters. The zero-order valence-corrected chi connectivity index (χ0v) is 13.9. The molecule has 1 amide bonds. The summed E-state index contributed by atoms with van der Waals surface area (Å²) < 4.78 is 0.134. The van der Waals surface area contributed by atoms with E-state index in [-0.39, 0.29) is 4.32 Å². The third-order valence-electron chi connectivity index (χ3n) is 3.15. The van der Waals surface area contributed by atoms with E-state index in [2.05, 4.69) is 0 Å². The number of amides is 1. The Morgan fingerprint density at radius 2 is 2.04 bits per heavy atom. The minimum atomic E-state index is -1.35. The van der Waals surface area contributed by atoms with Crippen LogP contribution in [0.3, 0.4) is 0 Å². The van der Waals surface area contributed by atoms with Gasteiger partial charge in [-0.3, -0.25) is 9.69 Å². The minimum absolute atomic E-state index is 0.134. The van der Waals surface area contributed by atoms with Crippen molar-refractivity contribution >= 4 is 46.3 Å². The number of hydrogen-bond acceptors (Lipinski definition) is 5. The molecule has 0 radical (unpaired) electrons. The van der Waals surface area contributed by atoms with Crippen LogP contribution in [0.1, 0.15) is 12.5 Å². The maximum atomic E-state index is 12.4. The molecule has 1 aliphatic heterocycles. The van der Waals surface area contributed by atoms with Gasteiger partial charge in [0, 0.05) is 0 Å². The quantitative estimate of drug-likeness (QED) is 0.627. The zero-order valence-electron chi connectivity index (χ0n) is 12.3. The smallest absolute Gasteiger partial charge is 0.329 e. The highest BCUT2D eigenvalue weighted by atomic mass is 32.2. The van der Waals surface area contributed by atoms with Crippen LogP contribution in [0.25, 0.3) is 6.08 Å². The van der Waals surface area contributed by atoms with Crippen LogP contribution >= 0.6 is 24.0 Å². The second kappa shape index (κ2) is 7.54. The number of aliphatic hydroxyl groups is 1. The summed E-state index contributed by atoms with van der Waals surface area (Å²) >= 11 is 6.11. The Kier molecular flexibility index (Phi) is 5.70. The molecule has 1 aromatic rings. The lowest BCUT2D eigenvalue weighted by molar-refractivity contribution is -0.146. The SMILES string of the molecule is CC(/C=C1\SC(=S)N(C(CO)C(=O)O)C1=O)=C\c1ccccc1. The average Bonchev–Trinajstić information content (AvgIpc) is 2.76. The van der Waals surface area contributed by atoms with Gasteiger partial charge in [0.2, 0.25) is 0 Å². The van der Waals surface area contributed by atoms with Gasteiger partial charge in [-0.05, 0) is 24.1 Å². The van der Waals surface area contributed by atoms with Crippen LogP contribution in [0.2, 0.25) is 0 Å². The highest BCUT2D eigenvalue weighted by molar-refractivity contribution is 8.26. The van der Waals surface area contributed by atoms with E-state index in [0.29, 0.717) is 4.91 Å². The van der Waals surface area contributed by atoms with Crippen molar-refractivity contribution in [1.82, 2.24) is 4.90 Å². The normalized spacial score (nSPS) is 18.6. The van der Waals surface area contributed by atoms with E-state index in [4.69, 9.17) is 17.3 Å². The number of carbonyl (C=O) groups excluding carboxylic acids is 1. The lowest BCUT2D eigenvalue weighted by Crippen LogP contribution is -2.46. The number of carboxylic acids is 1. The van der Waals surface area contributed by atoms with Gasteiger partial charge >= 0.3 is 5.97 Å². The number of allylic oxidation sites excluding steroid dienone is 2. The number of carbonyl (C=O) groups is 2. The Balaban J connectivity index is 2.25. The summed E-state index contributed by atoms with van der Waals surface area (Å²) in [5, 5.41) is 18.3. The summed E-state index contributed by atoms with van der Waals surface area (Å²) in [6.07, 6.45) is 3.58. The molecule has 2 rings (SSSR count). The van der Waals surface area contributed by atoms with Crippen LogP contribution in [-0.4, -0.2) is 44.0 Å². The number of nitrogens with zero attached hydrogens (tertiary/aromatic N) is 1. The lowest BCUT2D eigenvalue weighted by atomic mass is 10.1. The van der Waals surface area contributed by atoms with Crippen LogP contribution in [0.4, 0.5) is 0 Å². The first kappa shape index (κ1) is 17.4. The fourth-order valence-corrected chi connectivity index (χ4v) is 3.49. The van der Waals surface area contributed by atoms with E-state index in [1.54, 1.807) is 6.08 Å². The minimum Gasteiger partial charge on any atom is -0.480 e. The maximum absolute atomic E-state index is 12.4. The molecule has 0 saturated carbocycles. The number of carboxylic acid groups (broad SMARTS) is 1. The molecule has 0 spiro atoms. The Hall–Kier alpha value is -1.96. The highest BCUT2D eigenvalue weighted by Crippen LogP contribution is 2.33. The van der Waals surface area contributed by atoms with E-state index in [9.17, 15) is 14.7 Å². The van der Waals surface area contributed by atoms with Crippen molar-refractivity contribution in [2.45, 2.75) is 13.0 Å². The number of aliphatic carboxylic acids is 1. The average molecular weight is 349 g/mol. The van der Waals surface area contributed by atoms with Crippen LogP contribution in [0.5, 0.6) is 0 Å². The molecule has 1 heterocycles. The van der Waals surface area contributed by atoms with E-state index in [0.717, 1.165) is 27.8 Å². The van der Waals surface area contributed by atoms with Crippen molar-refractivity contribution in [2.24, 2.45) is 0 Å². The molecule has 1 aromatic carbocycles. The van der Waals surface area contributed by atoms with Gasteiger partial charge in [0.1, 0.15) is 4.32 Å². The van der Waals surface area contributed by atoms with Crippen LogP contribution in [-0.2, 0) is 9.59 Å². The van der Waals surface area contributed by atoms with Crippen molar-refractivity contribution in [3.05, 3.63) is 52.4 Å². The Morgan fingerprint density at radius 1 is 1.39 bits per heavy atom. The van der Waals surface area contributed by atoms with Gasteiger partial charge in [0.15, 0.2) is 6.04 Å². The fraction of sp³-hybridized carbons (Fsp3) is 0.188. The molecule has 120 valence electrons. The monoisotopic (exact) mass is 349 g/mol. The van der Waals surface area contributed by atoms with Gasteiger partial charge in [0.25, 0.3) is 5.91 Å². The molecule has 1 saturated heterocycles. The van der Waals surface area contributed by atoms with Crippen LogP contribution in [0, 0.1) is 0 Å². The highest BCUT2D eigenvalue weighted by Gasteiger charge is 2.40. The first-order valence-electron chi connectivity index (χ1n) is 6.78. The van der Waals surface area contributed by atoms with Crippen molar-refractivity contribution in [3.8, 4) is 0 Å². The molecule has 0 aliphatic carbocycles. The Labute approximate surface area is 143 Å². The third-order valence-corrected chi connectivity index (χ3v) is 4.48. The number of hydrogen-bond donors (Lipinski definition) is 2. The molecule has 0 aromatic heterocycles. The van der Waals surface area contributed by atoms with E-state index < -0.39 is 24.5 Å². The molecular weight excluding hydrogens is 334 g/mol. The summed E-state index contributed by atoms with van der Waals surface area (Å²) in [5.41, 5.74) is 1.84. The fourth-order valence-electron chi connectivity index (χ4n) is 2.08. The first-order chi connectivity index (χ1) is 10.9. The number of thioether (sulfide) groups is 1. The second-order valence-corrected chi connectivity index (χ2v) is 6.56. The summed E-state index contributed by atoms with van der Waals surface area (Å²) in [5.74, 6) is -1.79. The summed E-state index contributed by atoms with van der Waals surface area (Å²) in [7, 11) is 0. The summed E-state index contributed by atoms with van der Waals surface area (Å²) in [4.78, 5) is 24.8. The number of thiocarbonyl (C=S) groups is 1. The molecule has 0 bridgehead atoms. The number of benzene rings is 1. The number of rotatable bonds is 5. The predicted molar refractivity (Wildman–Crippen MR) is 93.7 cm³/mol. The van der Waals surface area contributed by atoms with E-state index in [1.807, 2.05) is 43.3 Å². The Morgan fingerprint density at radius 3 is 2.61 bits per heavy atom. The molecule has 23 heavy (non-hydrogen) atoms. The van der Waals surface area contributed by atoms with Gasteiger partial charge < -0.3 is 10.2 Å². The molecule has 1 unspecified atom stereocenters. The van der Waals surface area contributed by atoms with Gasteiger partial charge in [-0.15, -0.1) is 0 Å².